The van der Waals surface area contributed by atoms with Crippen molar-refractivity contribution in [2.45, 2.75) is 6.04 Å². The fourth-order valence-corrected chi connectivity index (χ4v) is 2.62. The second kappa shape index (κ2) is 7.31. The quantitative estimate of drug-likeness (QED) is 0.809. The average Bonchev–Trinajstić information content (AvgIpc) is 2.53. The second-order valence-electron chi connectivity index (χ2n) is 4.58. The molecule has 0 fully saturated rings. The van der Waals surface area contributed by atoms with Gasteiger partial charge in [0, 0.05) is 12.7 Å². The number of pyridine rings is 1. The summed E-state index contributed by atoms with van der Waals surface area (Å²) < 4.78 is 25.3. The van der Waals surface area contributed by atoms with Crippen molar-refractivity contribution < 1.29 is 8.42 Å². The molecule has 0 saturated heterocycles. The van der Waals surface area contributed by atoms with Gasteiger partial charge < -0.3 is 5.32 Å². The predicted molar refractivity (Wildman–Crippen MR) is 83.4 cm³/mol. The van der Waals surface area contributed by atoms with Crippen LogP contribution in [0.5, 0.6) is 0 Å². The lowest BCUT2D eigenvalue weighted by molar-refractivity contribution is 0.572. The van der Waals surface area contributed by atoms with E-state index in [9.17, 15) is 8.42 Å². The molecule has 0 amide bonds. The van der Waals surface area contributed by atoms with Crippen molar-refractivity contribution in [3.63, 3.8) is 0 Å². The number of nitrogens with zero attached hydrogens (tertiary/aromatic N) is 1. The summed E-state index contributed by atoms with van der Waals surface area (Å²) in [6.45, 7) is 0.347. The highest BCUT2D eigenvalue weighted by Gasteiger charge is 2.15. The van der Waals surface area contributed by atoms with Gasteiger partial charge in [-0.1, -0.05) is 36.4 Å². The molecule has 21 heavy (non-hydrogen) atoms. The molecule has 0 bridgehead atoms. The molecule has 1 aromatic carbocycles. The number of hydrogen-bond acceptors (Lipinski definition) is 4. The molecule has 1 heterocycles. The van der Waals surface area contributed by atoms with Gasteiger partial charge in [0.1, 0.15) is 0 Å². The number of aromatic nitrogens is 1. The summed E-state index contributed by atoms with van der Waals surface area (Å²) in [5.41, 5.74) is 1.92. The zero-order valence-corrected chi connectivity index (χ0v) is 12.7. The van der Waals surface area contributed by atoms with Crippen LogP contribution in [0.1, 0.15) is 17.3 Å². The van der Waals surface area contributed by atoms with Crippen LogP contribution in [0.15, 0.2) is 54.7 Å². The number of rotatable bonds is 7. The zero-order chi connectivity index (χ0) is 15.1. The number of sulfonamides is 1. The Morgan fingerprint density at radius 3 is 2.43 bits per heavy atom. The standard InChI is InChI=1S/C15H19N3O2S/c1-16-21(19,20)12-11-18-15(13-7-3-2-4-8-13)14-9-5-6-10-17-14/h2-10,15-16,18H,11-12H2,1H3. The lowest BCUT2D eigenvalue weighted by Crippen LogP contribution is -2.32. The van der Waals surface area contributed by atoms with Crippen LogP contribution in [0.25, 0.3) is 0 Å². The van der Waals surface area contributed by atoms with Crippen LogP contribution >= 0.6 is 0 Å². The van der Waals surface area contributed by atoms with Gasteiger partial charge in [0.25, 0.3) is 0 Å². The molecule has 1 unspecified atom stereocenters. The van der Waals surface area contributed by atoms with Crippen molar-refractivity contribution in [1.29, 1.82) is 0 Å². The Balaban J connectivity index is 2.14. The van der Waals surface area contributed by atoms with E-state index in [1.807, 2.05) is 48.5 Å². The van der Waals surface area contributed by atoms with E-state index in [1.54, 1.807) is 6.20 Å². The van der Waals surface area contributed by atoms with Crippen LogP contribution in [-0.4, -0.2) is 32.7 Å². The maximum atomic E-state index is 11.5. The Bertz CT molecular complexity index is 606. The third-order valence-electron chi connectivity index (χ3n) is 3.15. The highest BCUT2D eigenvalue weighted by Crippen LogP contribution is 2.19. The van der Waals surface area contributed by atoms with Gasteiger partial charge in [0.15, 0.2) is 0 Å². The number of nitrogens with one attached hydrogen (secondary N) is 2. The summed E-state index contributed by atoms with van der Waals surface area (Å²) >= 11 is 0. The van der Waals surface area contributed by atoms with Gasteiger partial charge in [0.2, 0.25) is 10.0 Å². The molecule has 5 nitrogen and oxygen atoms in total. The minimum absolute atomic E-state index is 0.0274. The second-order valence-corrected chi connectivity index (χ2v) is 6.62. The smallest absolute Gasteiger partial charge is 0.212 e. The maximum absolute atomic E-state index is 11.5. The molecule has 0 aliphatic rings. The van der Waals surface area contributed by atoms with Crippen molar-refractivity contribution >= 4 is 10.0 Å². The molecule has 2 aromatic rings. The van der Waals surface area contributed by atoms with E-state index in [0.29, 0.717) is 6.54 Å². The topological polar surface area (TPSA) is 71.1 Å². The summed E-state index contributed by atoms with van der Waals surface area (Å²) in [6, 6.07) is 15.4. The molecule has 2 rings (SSSR count). The van der Waals surface area contributed by atoms with Crippen LogP contribution < -0.4 is 10.0 Å². The molecular weight excluding hydrogens is 286 g/mol. The van der Waals surface area contributed by atoms with Gasteiger partial charge in [-0.05, 0) is 24.7 Å². The molecular formula is C15H19N3O2S. The molecule has 2 N–H and O–H groups in total. The highest BCUT2D eigenvalue weighted by atomic mass is 32.2. The van der Waals surface area contributed by atoms with Gasteiger partial charge in [-0.3, -0.25) is 4.98 Å². The third kappa shape index (κ3) is 4.63. The van der Waals surface area contributed by atoms with Gasteiger partial charge in [0.05, 0.1) is 17.5 Å². The molecule has 1 aromatic heterocycles. The van der Waals surface area contributed by atoms with Crippen molar-refractivity contribution in [1.82, 2.24) is 15.0 Å². The highest BCUT2D eigenvalue weighted by molar-refractivity contribution is 7.89. The van der Waals surface area contributed by atoms with Crippen LogP contribution in [-0.2, 0) is 10.0 Å². The van der Waals surface area contributed by atoms with Crippen LogP contribution in [0.4, 0.5) is 0 Å². The molecule has 0 aliphatic heterocycles. The number of benzene rings is 1. The molecule has 0 saturated carbocycles. The monoisotopic (exact) mass is 305 g/mol. The number of hydrogen-bond donors (Lipinski definition) is 2. The summed E-state index contributed by atoms with van der Waals surface area (Å²) in [5, 5.41) is 3.26. The SMILES string of the molecule is CNS(=O)(=O)CCNC(c1ccccc1)c1ccccn1. The minimum atomic E-state index is -3.21. The first-order valence-corrected chi connectivity index (χ1v) is 8.38. The Kier molecular flexibility index (Phi) is 5.44. The van der Waals surface area contributed by atoms with Crippen molar-refractivity contribution in [2.75, 3.05) is 19.3 Å². The van der Waals surface area contributed by atoms with Crippen LogP contribution in [0, 0.1) is 0 Å². The van der Waals surface area contributed by atoms with E-state index in [0.717, 1.165) is 11.3 Å². The first kappa shape index (κ1) is 15.6. The molecule has 6 heteroatoms. The van der Waals surface area contributed by atoms with Gasteiger partial charge in [-0.15, -0.1) is 0 Å². The van der Waals surface area contributed by atoms with Crippen molar-refractivity contribution in [3.8, 4) is 0 Å². The lowest BCUT2D eigenvalue weighted by atomic mass is 10.0. The molecule has 0 aliphatic carbocycles. The van der Waals surface area contributed by atoms with E-state index in [4.69, 9.17) is 0 Å². The fraction of sp³-hybridized carbons (Fsp3) is 0.267. The largest absolute Gasteiger partial charge is 0.304 e. The van der Waals surface area contributed by atoms with E-state index in [1.165, 1.54) is 7.05 Å². The maximum Gasteiger partial charge on any atom is 0.212 e. The molecule has 0 spiro atoms. The average molecular weight is 305 g/mol. The van der Waals surface area contributed by atoms with Crippen molar-refractivity contribution in [3.05, 3.63) is 66.0 Å². The zero-order valence-electron chi connectivity index (χ0n) is 11.9. The van der Waals surface area contributed by atoms with Gasteiger partial charge in [-0.25, -0.2) is 13.1 Å². The minimum Gasteiger partial charge on any atom is -0.304 e. The Morgan fingerprint density at radius 2 is 1.81 bits per heavy atom. The normalized spacial score (nSPS) is 13.0. The molecule has 0 radical (unpaired) electrons. The first-order valence-electron chi connectivity index (χ1n) is 6.73. The van der Waals surface area contributed by atoms with Gasteiger partial charge in [-0.2, -0.15) is 0 Å². The van der Waals surface area contributed by atoms with Crippen LogP contribution in [0.2, 0.25) is 0 Å². The Labute approximate surface area is 125 Å². The van der Waals surface area contributed by atoms with Crippen molar-refractivity contribution in [2.24, 2.45) is 0 Å². The summed E-state index contributed by atoms with van der Waals surface area (Å²) in [6.07, 6.45) is 1.73. The van der Waals surface area contributed by atoms with E-state index >= 15 is 0 Å². The third-order valence-corrected chi connectivity index (χ3v) is 4.51. The fourth-order valence-electron chi connectivity index (χ4n) is 2.03. The molecule has 112 valence electrons. The van der Waals surface area contributed by atoms with E-state index in [2.05, 4.69) is 15.0 Å². The Morgan fingerprint density at radius 1 is 1.10 bits per heavy atom. The summed E-state index contributed by atoms with van der Waals surface area (Å²) in [7, 11) is -1.79. The van der Waals surface area contributed by atoms with Gasteiger partial charge >= 0.3 is 0 Å². The summed E-state index contributed by atoms with van der Waals surface area (Å²) in [5.74, 6) is 0.0274. The predicted octanol–water partition coefficient (Wildman–Crippen LogP) is 1.31. The van der Waals surface area contributed by atoms with E-state index in [-0.39, 0.29) is 11.8 Å². The van der Waals surface area contributed by atoms with E-state index < -0.39 is 10.0 Å². The first-order chi connectivity index (χ1) is 10.1. The Hall–Kier alpha value is -1.76. The molecule has 1 atom stereocenters. The summed E-state index contributed by atoms with van der Waals surface area (Å²) in [4.78, 5) is 4.36. The lowest BCUT2D eigenvalue weighted by Gasteiger charge is -2.18. The van der Waals surface area contributed by atoms with Crippen LogP contribution in [0.3, 0.4) is 0 Å².